The largest absolute Gasteiger partial charge is 0.339 e. The molecule has 0 unspecified atom stereocenters. The van der Waals surface area contributed by atoms with E-state index in [1.807, 2.05) is 44.0 Å². The molecule has 138 valence electrons. The van der Waals surface area contributed by atoms with Gasteiger partial charge in [-0.1, -0.05) is 25.1 Å². The van der Waals surface area contributed by atoms with E-state index in [2.05, 4.69) is 12.2 Å². The number of anilines is 1. The minimum atomic E-state index is -0.0848. The molecule has 2 rings (SSSR count). The topological polar surface area (TPSA) is 52.7 Å². The number of nitrogens with zero attached hydrogens (tertiary/aromatic N) is 2. The van der Waals surface area contributed by atoms with Crippen molar-refractivity contribution >= 4 is 17.5 Å². The summed E-state index contributed by atoms with van der Waals surface area (Å²) in [6.07, 6.45) is 4.39. The van der Waals surface area contributed by atoms with Crippen molar-refractivity contribution in [1.29, 1.82) is 0 Å². The average molecular weight is 345 g/mol. The van der Waals surface area contributed by atoms with Crippen LogP contribution >= 0.6 is 0 Å². The number of carbonyl (C=O) groups excluding carboxylic acids is 2. The molecule has 1 aromatic carbocycles. The van der Waals surface area contributed by atoms with Crippen LogP contribution in [0.15, 0.2) is 18.2 Å². The summed E-state index contributed by atoms with van der Waals surface area (Å²) < 4.78 is 0. The van der Waals surface area contributed by atoms with Gasteiger partial charge in [0.25, 0.3) is 0 Å². The van der Waals surface area contributed by atoms with Gasteiger partial charge in [0.1, 0.15) is 0 Å². The van der Waals surface area contributed by atoms with E-state index >= 15 is 0 Å². The number of amides is 2. The molecule has 5 nitrogen and oxygen atoms in total. The number of hydrogen-bond donors (Lipinski definition) is 1. The third kappa shape index (κ3) is 5.30. The molecular weight excluding hydrogens is 314 g/mol. The lowest BCUT2D eigenvalue weighted by atomic mass is 10.00. The van der Waals surface area contributed by atoms with Crippen LogP contribution in [0.4, 0.5) is 5.69 Å². The van der Waals surface area contributed by atoms with E-state index in [-0.39, 0.29) is 24.9 Å². The van der Waals surface area contributed by atoms with Gasteiger partial charge in [0, 0.05) is 18.3 Å². The lowest BCUT2D eigenvalue weighted by Gasteiger charge is -2.36. The lowest BCUT2D eigenvalue weighted by Crippen LogP contribution is -2.48. The van der Waals surface area contributed by atoms with E-state index in [0.717, 1.165) is 42.6 Å². The van der Waals surface area contributed by atoms with Crippen molar-refractivity contribution < 1.29 is 9.59 Å². The molecule has 0 bridgehead atoms. The monoisotopic (exact) mass is 345 g/mol. The molecule has 0 radical (unpaired) electrons. The Labute approximate surface area is 151 Å². The highest BCUT2D eigenvalue weighted by molar-refractivity contribution is 5.94. The summed E-state index contributed by atoms with van der Waals surface area (Å²) in [6.45, 7) is 7.45. The maximum absolute atomic E-state index is 12.6. The predicted molar refractivity (Wildman–Crippen MR) is 102 cm³/mol. The molecule has 1 saturated heterocycles. The highest BCUT2D eigenvalue weighted by Gasteiger charge is 2.26. The summed E-state index contributed by atoms with van der Waals surface area (Å²) in [5.74, 6) is 0.0484. The SMILES string of the molecule is CC[C@H]1CCCCN1C(=O)CN(C)CC(=O)Nc1c(C)cccc1C. The van der Waals surface area contributed by atoms with Crippen LogP contribution in [0, 0.1) is 13.8 Å². The van der Waals surface area contributed by atoms with E-state index in [1.54, 1.807) is 4.90 Å². The first-order chi connectivity index (χ1) is 11.9. The Kier molecular flexibility index (Phi) is 7.00. The summed E-state index contributed by atoms with van der Waals surface area (Å²) in [7, 11) is 1.83. The van der Waals surface area contributed by atoms with Crippen molar-refractivity contribution in [3.63, 3.8) is 0 Å². The van der Waals surface area contributed by atoms with Gasteiger partial charge in [0.05, 0.1) is 13.1 Å². The molecule has 1 aliphatic rings. The summed E-state index contributed by atoms with van der Waals surface area (Å²) >= 11 is 0. The fraction of sp³-hybridized carbons (Fsp3) is 0.600. The second kappa shape index (κ2) is 8.99. The molecule has 1 aromatic rings. The molecule has 1 N–H and O–H groups in total. The molecule has 1 heterocycles. The van der Waals surface area contributed by atoms with Crippen LogP contribution in [-0.4, -0.2) is 54.3 Å². The van der Waals surface area contributed by atoms with Gasteiger partial charge in [-0.25, -0.2) is 0 Å². The van der Waals surface area contributed by atoms with Gasteiger partial charge < -0.3 is 10.2 Å². The number of hydrogen-bond acceptors (Lipinski definition) is 3. The molecule has 1 atom stereocenters. The Morgan fingerprint density at radius 3 is 2.52 bits per heavy atom. The third-order valence-electron chi connectivity index (χ3n) is 4.98. The standard InChI is InChI=1S/C20H31N3O2/c1-5-17-11-6-7-12-23(17)19(25)14-22(4)13-18(24)21-20-15(2)9-8-10-16(20)3/h8-10,17H,5-7,11-14H2,1-4H3,(H,21,24)/t17-/m0/s1. The molecule has 2 amide bonds. The van der Waals surface area contributed by atoms with Crippen LogP contribution in [0.25, 0.3) is 0 Å². The number of nitrogens with one attached hydrogen (secondary N) is 1. The number of piperidine rings is 1. The molecule has 5 heteroatoms. The normalized spacial score (nSPS) is 17.6. The second-order valence-corrected chi connectivity index (χ2v) is 7.13. The van der Waals surface area contributed by atoms with E-state index in [0.29, 0.717) is 6.04 Å². The smallest absolute Gasteiger partial charge is 0.238 e. The lowest BCUT2D eigenvalue weighted by molar-refractivity contribution is -0.136. The van der Waals surface area contributed by atoms with Crippen molar-refractivity contribution in [2.45, 2.75) is 52.5 Å². The van der Waals surface area contributed by atoms with Crippen LogP contribution in [0.2, 0.25) is 0 Å². The van der Waals surface area contributed by atoms with Crippen molar-refractivity contribution in [1.82, 2.24) is 9.80 Å². The van der Waals surface area contributed by atoms with Crippen molar-refractivity contribution in [3.8, 4) is 0 Å². The second-order valence-electron chi connectivity index (χ2n) is 7.13. The molecule has 0 aliphatic carbocycles. The number of carbonyl (C=O) groups is 2. The summed E-state index contributed by atoms with van der Waals surface area (Å²) in [5, 5.41) is 2.98. The maximum Gasteiger partial charge on any atom is 0.238 e. The first-order valence-corrected chi connectivity index (χ1v) is 9.26. The van der Waals surface area contributed by atoms with E-state index in [1.165, 1.54) is 6.42 Å². The van der Waals surface area contributed by atoms with Gasteiger partial charge in [0.2, 0.25) is 11.8 Å². The number of benzene rings is 1. The van der Waals surface area contributed by atoms with Crippen molar-refractivity contribution in [2.75, 3.05) is 32.0 Å². The molecular formula is C20H31N3O2. The maximum atomic E-state index is 12.6. The van der Waals surface area contributed by atoms with E-state index in [9.17, 15) is 9.59 Å². The van der Waals surface area contributed by atoms with Gasteiger partial charge >= 0.3 is 0 Å². The minimum absolute atomic E-state index is 0.0848. The Morgan fingerprint density at radius 2 is 1.88 bits per heavy atom. The summed E-state index contributed by atoms with van der Waals surface area (Å²) in [6, 6.07) is 6.31. The number of rotatable bonds is 6. The van der Waals surface area contributed by atoms with Crippen LogP contribution in [-0.2, 0) is 9.59 Å². The van der Waals surface area contributed by atoms with Crippen LogP contribution < -0.4 is 5.32 Å². The Balaban J connectivity index is 1.87. The van der Waals surface area contributed by atoms with Gasteiger partial charge in [-0.15, -0.1) is 0 Å². The van der Waals surface area contributed by atoms with Crippen molar-refractivity contribution in [2.24, 2.45) is 0 Å². The number of likely N-dealkylation sites (N-methyl/N-ethyl adjacent to an activating group) is 1. The Morgan fingerprint density at radius 1 is 1.20 bits per heavy atom. The van der Waals surface area contributed by atoms with E-state index < -0.39 is 0 Å². The molecule has 0 saturated carbocycles. The molecule has 25 heavy (non-hydrogen) atoms. The summed E-state index contributed by atoms with van der Waals surface area (Å²) in [4.78, 5) is 28.7. The Bertz CT molecular complexity index is 595. The van der Waals surface area contributed by atoms with Gasteiger partial charge in [0.15, 0.2) is 0 Å². The van der Waals surface area contributed by atoms with Gasteiger partial charge in [-0.3, -0.25) is 14.5 Å². The zero-order chi connectivity index (χ0) is 18.4. The predicted octanol–water partition coefficient (Wildman–Crippen LogP) is 2.96. The van der Waals surface area contributed by atoms with E-state index in [4.69, 9.17) is 0 Å². The highest BCUT2D eigenvalue weighted by atomic mass is 16.2. The average Bonchev–Trinajstić information content (AvgIpc) is 2.58. The number of likely N-dealkylation sites (tertiary alicyclic amines) is 1. The summed E-state index contributed by atoms with van der Waals surface area (Å²) in [5.41, 5.74) is 2.96. The van der Waals surface area contributed by atoms with Crippen LogP contribution in [0.1, 0.15) is 43.7 Å². The fourth-order valence-corrected chi connectivity index (χ4v) is 3.57. The van der Waals surface area contributed by atoms with Crippen LogP contribution in [0.5, 0.6) is 0 Å². The highest BCUT2D eigenvalue weighted by Crippen LogP contribution is 2.20. The number of aryl methyl sites for hydroxylation is 2. The molecule has 1 fully saturated rings. The van der Waals surface area contributed by atoms with Crippen LogP contribution in [0.3, 0.4) is 0 Å². The zero-order valence-electron chi connectivity index (χ0n) is 16.0. The molecule has 0 spiro atoms. The quantitative estimate of drug-likeness (QED) is 0.862. The fourth-order valence-electron chi connectivity index (χ4n) is 3.57. The molecule has 0 aromatic heterocycles. The first kappa shape index (κ1) is 19.4. The minimum Gasteiger partial charge on any atom is -0.339 e. The van der Waals surface area contributed by atoms with Crippen molar-refractivity contribution in [3.05, 3.63) is 29.3 Å². The number of para-hydroxylation sites is 1. The van der Waals surface area contributed by atoms with Gasteiger partial charge in [-0.05, 0) is 57.7 Å². The first-order valence-electron chi connectivity index (χ1n) is 9.26. The Hall–Kier alpha value is -1.88. The third-order valence-corrected chi connectivity index (χ3v) is 4.98. The van der Waals surface area contributed by atoms with Gasteiger partial charge in [-0.2, -0.15) is 0 Å². The molecule has 1 aliphatic heterocycles. The zero-order valence-corrected chi connectivity index (χ0v) is 16.0.